The minimum atomic E-state index is -3.67. The summed E-state index contributed by atoms with van der Waals surface area (Å²) in [6.45, 7) is 3.87. The zero-order valence-electron chi connectivity index (χ0n) is 11.3. The number of rotatable bonds is 4. The Labute approximate surface area is 123 Å². The highest BCUT2D eigenvalue weighted by Gasteiger charge is 2.19. The van der Waals surface area contributed by atoms with Gasteiger partial charge in [0, 0.05) is 12.4 Å². The lowest BCUT2D eigenvalue weighted by Gasteiger charge is -2.21. The van der Waals surface area contributed by atoms with Crippen molar-refractivity contribution in [3.8, 4) is 0 Å². The van der Waals surface area contributed by atoms with Gasteiger partial charge >= 0.3 is 5.97 Å². The van der Waals surface area contributed by atoms with Gasteiger partial charge in [0.2, 0.25) is 0 Å². The van der Waals surface area contributed by atoms with Gasteiger partial charge in [-0.3, -0.25) is 9.54 Å². The van der Waals surface area contributed by atoms with Gasteiger partial charge < -0.3 is 4.74 Å². The van der Waals surface area contributed by atoms with Crippen molar-refractivity contribution in [2.24, 2.45) is 0 Å². The molecule has 114 valence electrons. The van der Waals surface area contributed by atoms with E-state index in [9.17, 15) is 13.2 Å². The van der Waals surface area contributed by atoms with Crippen molar-refractivity contribution < 1.29 is 22.5 Å². The Morgan fingerprint density at radius 3 is 2.30 bits per heavy atom. The molecule has 1 aromatic heterocycles. The molecule has 0 aromatic carbocycles. The maximum atomic E-state index is 11.5. The second-order valence-corrected chi connectivity index (χ2v) is 6.18. The Hall–Kier alpha value is -1.22. The smallest absolute Gasteiger partial charge is 0.338 e. The number of nitrogens with one attached hydrogen (secondary N) is 1. The van der Waals surface area contributed by atoms with Crippen molar-refractivity contribution in [3.63, 3.8) is 0 Å². The first-order valence-corrected chi connectivity index (χ1v) is 7.65. The Balaban J connectivity index is 0.000000621. The third-order valence-corrected chi connectivity index (χ3v) is 2.25. The Bertz CT molecular complexity index is 511. The van der Waals surface area contributed by atoms with Crippen LogP contribution in [0.1, 0.15) is 24.2 Å². The van der Waals surface area contributed by atoms with Crippen molar-refractivity contribution in [1.29, 1.82) is 0 Å². The fourth-order valence-electron chi connectivity index (χ4n) is 0.845. The zero-order chi connectivity index (χ0) is 15.8. The average Bonchev–Trinajstić information content (AvgIpc) is 2.35. The van der Waals surface area contributed by atoms with Crippen LogP contribution in [-0.2, 0) is 14.9 Å². The highest BCUT2D eigenvalue weighted by Crippen LogP contribution is 2.06. The fourth-order valence-corrected chi connectivity index (χ4v) is 0.899. The topological polar surface area (TPSA) is 106 Å². The molecule has 0 aliphatic heterocycles. The molecule has 0 bridgehead atoms. The molecule has 20 heavy (non-hydrogen) atoms. The third-order valence-electron chi connectivity index (χ3n) is 1.74. The van der Waals surface area contributed by atoms with Gasteiger partial charge in [0.15, 0.2) is 0 Å². The van der Waals surface area contributed by atoms with E-state index < -0.39 is 15.7 Å². The van der Waals surface area contributed by atoms with Crippen LogP contribution in [-0.4, -0.2) is 42.3 Å². The van der Waals surface area contributed by atoms with Crippen molar-refractivity contribution in [3.05, 3.63) is 30.1 Å². The van der Waals surface area contributed by atoms with Crippen molar-refractivity contribution in [2.75, 3.05) is 12.9 Å². The Kier molecular flexibility index (Phi) is 7.66. The lowest BCUT2D eigenvalue weighted by Crippen LogP contribution is -2.38. The number of esters is 1. The van der Waals surface area contributed by atoms with Gasteiger partial charge in [-0.1, -0.05) is 0 Å². The summed E-state index contributed by atoms with van der Waals surface area (Å²) in [6, 6.07) is 3.20. The van der Waals surface area contributed by atoms with Gasteiger partial charge in [0.05, 0.1) is 17.4 Å². The van der Waals surface area contributed by atoms with E-state index in [0.29, 0.717) is 11.8 Å². The van der Waals surface area contributed by atoms with Gasteiger partial charge in [-0.15, -0.1) is 0 Å². The monoisotopic (exact) mass is 324 g/mol. The van der Waals surface area contributed by atoms with E-state index in [-0.39, 0.29) is 12.6 Å². The number of hydrogen-bond donors (Lipinski definition) is 2. The minimum Gasteiger partial charge on any atom is -0.460 e. The van der Waals surface area contributed by atoms with E-state index in [2.05, 4.69) is 9.82 Å². The normalized spacial score (nSPS) is 11.2. The van der Waals surface area contributed by atoms with Crippen LogP contribution in [0.2, 0.25) is 0 Å². The standard InChI is InChI=1S/C10H13ClN2O2.CH4O3S/c1-10(2,13-11)7-15-9(14)8-3-5-12-6-4-8;1-5(2,3)4/h3-6,13H,7H2,1-2H3;1H3,(H,2,3,4). The average molecular weight is 325 g/mol. The van der Waals surface area contributed by atoms with Crippen molar-refractivity contribution in [1.82, 2.24) is 9.82 Å². The molecule has 0 radical (unpaired) electrons. The van der Waals surface area contributed by atoms with Gasteiger partial charge in [0.1, 0.15) is 6.61 Å². The van der Waals surface area contributed by atoms with Gasteiger partial charge in [-0.05, 0) is 37.8 Å². The molecular formula is C11H17ClN2O5S. The fraction of sp³-hybridized carbons (Fsp3) is 0.455. The van der Waals surface area contributed by atoms with E-state index in [1.54, 1.807) is 24.5 Å². The summed E-state index contributed by atoms with van der Waals surface area (Å²) in [5.74, 6) is -0.377. The second kappa shape index (κ2) is 8.15. The molecule has 2 N–H and O–H groups in total. The molecule has 9 heteroatoms. The summed E-state index contributed by atoms with van der Waals surface area (Å²) in [5.41, 5.74) is 0.0416. The first-order chi connectivity index (χ1) is 9.05. The van der Waals surface area contributed by atoms with Crippen LogP contribution in [0.15, 0.2) is 24.5 Å². The van der Waals surface area contributed by atoms with E-state index in [1.165, 1.54) is 0 Å². The van der Waals surface area contributed by atoms with Crippen molar-refractivity contribution in [2.45, 2.75) is 19.4 Å². The van der Waals surface area contributed by atoms with Crippen LogP contribution < -0.4 is 4.84 Å². The third kappa shape index (κ3) is 10.7. The quantitative estimate of drug-likeness (QED) is 0.488. The Morgan fingerprint density at radius 1 is 1.45 bits per heavy atom. The van der Waals surface area contributed by atoms with E-state index in [1.807, 2.05) is 13.8 Å². The summed E-state index contributed by atoms with van der Waals surface area (Å²) in [4.78, 5) is 17.8. The highest BCUT2D eigenvalue weighted by atomic mass is 35.5. The van der Waals surface area contributed by atoms with E-state index >= 15 is 0 Å². The summed E-state index contributed by atoms with van der Waals surface area (Å²) < 4.78 is 30.9. The van der Waals surface area contributed by atoms with Crippen LogP contribution in [0.4, 0.5) is 0 Å². The van der Waals surface area contributed by atoms with Crippen molar-refractivity contribution >= 4 is 27.9 Å². The molecule has 0 amide bonds. The number of carbonyl (C=O) groups is 1. The van der Waals surface area contributed by atoms with Crippen LogP contribution in [0.3, 0.4) is 0 Å². The summed E-state index contributed by atoms with van der Waals surface area (Å²) in [5, 5.41) is 0. The van der Waals surface area contributed by atoms with E-state index in [4.69, 9.17) is 21.1 Å². The Morgan fingerprint density at radius 2 is 1.90 bits per heavy atom. The maximum Gasteiger partial charge on any atom is 0.338 e. The van der Waals surface area contributed by atoms with Gasteiger partial charge in [-0.2, -0.15) is 8.42 Å². The molecule has 0 saturated heterocycles. The molecule has 0 aliphatic rings. The molecule has 1 rings (SSSR count). The molecule has 0 fully saturated rings. The van der Waals surface area contributed by atoms with Crippen LogP contribution in [0.25, 0.3) is 0 Å². The van der Waals surface area contributed by atoms with Crippen LogP contribution in [0.5, 0.6) is 0 Å². The van der Waals surface area contributed by atoms with Crippen LogP contribution in [0, 0.1) is 0 Å². The SMILES string of the molecule is CC(C)(COC(=O)c1ccncc1)NCl.CS(=O)(=O)O. The van der Waals surface area contributed by atoms with E-state index in [0.717, 1.165) is 0 Å². The molecule has 1 aromatic rings. The lowest BCUT2D eigenvalue weighted by molar-refractivity contribution is 0.0421. The first kappa shape index (κ1) is 18.8. The molecule has 0 aliphatic carbocycles. The predicted molar refractivity (Wildman–Crippen MR) is 75.1 cm³/mol. The number of pyridine rings is 1. The maximum absolute atomic E-state index is 11.5. The summed E-state index contributed by atoms with van der Waals surface area (Å²) >= 11 is 5.47. The number of hydrogen-bond acceptors (Lipinski definition) is 6. The molecule has 0 unspecified atom stereocenters. The zero-order valence-corrected chi connectivity index (χ0v) is 12.9. The first-order valence-electron chi connectivity index (χ1n) is 5.42. The van der Waals surface area contributed by atoms with Crippen LogP contribution >= 0.6 is 11.8 Å². The number of carbonyl (C=O) groups excluding carboxylic acids is 1. The molecule has 7 nitrogen and oxygen atoms in total. The number of ether oxygens (including phenoxy) is 1. The highest BCUT2D eigenvalue weighted by molar-refractivity contribution is 7.85. The molecular weight excluding hydrogens is 308 g/mol. The lowest BCUT2D eigenvalue weighted by atomic mass is 10.1. The van der Waals surface area contributed by atoms with Gasteiger partial charge in [-0.25, -0.2) is 9.63 Å². The number of aromatic nitrogens is 1. The summed E-state index contributed by atoms with van der Waals surface area (Å²) in [6.07, 6.45) is 3.80. The summed E-state index contributed by atoms with van der Waals surface area (Å²) in [7, 11) is -3.67. The number of nitrogens with zero attached hydrogens (tertiary/aromatic N) is 1. The number of halogens is 1. The molecule has 0 saturated carbocycles. The molecule has 1 heterocycles. The predicted octanol–water partition coefficient (Wildman–Crippen LogP) is 1.26. The molecule has 0 atom stereocenters. The minimum absolute atomic E-state index is 0.206. The van der Waals surface area contributed by atoms with Gasteiger partial charge in [0.25, 0.3) is 10.1 Å². The molecule has 0 spiro atoms. The largest absolute Gasteiger partial charge is 0.460 e. The second-order valence-electron chi connectivity index (χ2n) is 4.52.